The van der Waals surface area contributed by atoms with Crippen molar-refractivity contribution in [2.24, 2.45) is 0 Å². The molecule has 3 N–H and O–H groups in total. The molecule has 1 rings (SSSR count). The van der Waals surface area contributed by atoms with Gasteiger partial charge in [0.2, 0.25) is 0 Å². The Morgan fingerprint density at radius 2 is 2.00 bits per heavy atom. The van der Waals surface area contributed by atoms with Crippen molar-refractivity contribution in [1.82, 2.24) is 5.32 Å². The fourth-order valence-corrected chi connectivity index (χ4v) is 1.89. The highest BCUT2D eigenvalue weighted by Crippen LogP contribution is 2.29. The highest BCUT2D eigenvalue weighted by Gasteiger charge is 2.15. The summed E-state index contributed by atoms with van der Waals surface area (Å²) in [6.45, 7) is 5.84. The second-order valence-electron chi connectivity index (χ2n) is 5.15. The molecule has 0 heterocycles. The van der Waals surface area contributed by atoms with Crippen LogP contribution in [0.3, 0.4) is 0 Å². The number of carbonyl (C=O) groups excluding carboxylic acids is 1. The Labute approximate surface area is 115 Å². The van der Waals surface area contributed by atoms with Crippen molar-refractivity contribution in [2.45, 2.75) is 32.9 Å². The second kappa shape index (κ2) is 5.82. The molecular formula is C13H18BrNO3. The molecule has 0 aliphatic carbocycles. The Morgan fingerprint density at radius 3 is 2.50 bits per heavy atom. The molecule has 0 fully saturated rings. The quantitative estimate of drug-likeness (QED) is 0.745. The van der Waals surface area contributed by atoms with Gasteiger partial charge >= 0.3 is 0 Å². The van der Waals surface area contributed by atoms with E-state index in [1.807, 2.05) is 20.8 Å². The lowest BCUT2D eigenvalue weighted by Gasteiger charge is -2.20. The van der Waals surface area contributed by atoms with Gasteiger partial charge in [-0.25, -0.2) is 0 Å². The number of Topliss-reactive ketones (excluding diaryl/α,β-unsaturated/α-hetero) is 1. The van der Waals surface area contributed by atoms with Crippen LogP contribution in [-0.4, -0.2) is 28.1 Å². The minimum atomic E-state index is -0.307. The van der Waals surface area contributed by atoms with Gasteiger partial charge < -0.3 is 15.5 Å². The summed E-state index contributed by atoms with van der Waals surface area (Å²) in [4.78, 5) is 12.0. The summed E-state index contributed by atoms with van der Waals surface area (Å²) in [6, 6.07) is 3.06. The van der Waals surface area contributed by atoms with Crippen LogP contribution in [0, 0.1) is 0 Å². The zero-order valence-corrected chi connectivity index (χ0v) is 12.3. The first-order valence-electron chi connectivity index (χ1n) is 5.65. The van der Waals surface area contributed by atoms with E-state index in [0.29, 0.717) is 15.6 Å². The van der Waals surface area contributed by atoms with E-state index in [1.165, 1.54) is 6.07 Å². The maximum absolute atomic E-state index is 12.0. The summed E-state index contributed by atoms with van der Waals surface area (Å²) in [7, 11) is 0. The Morgan fingerprint density at radius 1 is 1.39 bits per heavy atom. The molecule has 4 nitrogen and oxygen atoms in total. The number of halogens is 1. The molecule has 0 aliphatic heterocycles. The predicted octanol–water partition coefficient (Wildman–Crippen LogP) is 2.22. The molecular weight excluding hydrogens is 298 g/mol. The van der Waals surface area contributed by atoms with E-state index in [9.17, 15) is 9.90 Å². The van der Waals surface area contributed by atoms with Crippen LogP contribution in [0.25, 0.3) is 0 Å². The van der Waals surface area contributed by atoms with Crippen LogP contribution in [0.5, 0.6) is 5.75 Å². The van der Waals surface area contributed by atoms with Gasteiger partial charge in [0, 0.05) is 16.7 Å². The molecule has 18 heavy (non-hydrogen) atoms. The van der Waals surface area contributed by atoms with Gasteiger partial charge in [-0.15, -0.1) is 0 Å². The number of aliphatic hydroxyl groups excluding tert-OH is 1. The van der Waals surface area contributed by atoms with Crippen molar-refractivity contribution in [2.75, 3.05) is 6.54 Å². The van der Waals surface area contributed by atoms with E-state index in [-0.39, 0.29) is 30.2 Å². The summed E-state index contributed by atoms with van der Waals surface area (Å²) < 4.78 is 0.410. The third kappa shape index (κ3) is 4.08. The van der Waals surface area contributed by atoms with Gasteiger partial charge in [0.25, 0.3) is 0 Å². The lowest BCUT2D eigenvalue weighted by Crippen LogP contribution is -2.39. The van der Waals surface area contributed by atoms with E-state index in [1.54, 1.807) is 6.07 Å². The van der Waals surface area contributed by atoms with Crippen molar-refractivity contribution in [3.63, 3.8) is 0 Å². The summed E-state index contributed by atoms with van der Waals surface area (Å²) in [5.74, 6) is -0.113. The van der Waals surface area contributed by atoms with E-state index in [4.69, 9.17) is 5.11 Å². The third-order valence-corrected chi connectivity index (χ3v) is 3.02. The average Bonchev–Trinajstić information content (AvgIpc) is 2.28. The maximum Gasteiger partial charge on any atom is 0.176 e. The summed E-state index contributed by atoms with van der Waals surface area (Å²) in [6.07, 6.45) is 0. The van der Waals surface area contributed by atoms with Gasteiger partial charge in [-0.3, -0.25) is 4.79 Å². The lowest BCUT2D eigenvalue weighted by atomic mass is 10.0. The van der Waals surface area contributed by atoms with Crippen molar-refractivity contribution < 1.29 is 15.0 Å². The van der Waals surface area contributed by atoms with Crippen molar-refractivity contribution >= 4 is 21.7 Å². The molecule has 0 bridgehead atoms. The highest BCUT2D eigenvalue weighted by atomic mass is 79.9. The smallest absolute Gasteiger partial charge is 0.176 e. The first-order valence-corrected chi connectivity index (χ1v) is 6.44. The molecule has 0 unspecified atom stereocenters. The summed E-state index contributed by atoms with van der Waals surface area (Å²) in [5.41, 5.74) is 0.660. The molecule has 0 amide bonds. The van der Waals surface area contributed by atoms with Gasteiger partial charge in [-0.2, -0.15) is 0 Å². The molecule has 100 valence electrons. The average molecular weight is 316 g/mol. The van der Waals surface area contributed by atoms with Crippen molar-refractivity contribution in [1.29, 1.82) is 0 Å². The molecule has 0 saturated heterocycles. The van der Waals surface area contributed by atoms with Gasteiger partial charge in [0.1, 0.15) is 5.75 Å². The summed E-state index contributed by atoms with van der Waals surface area (Å²) in [5, 5.41) is 21.8. The van der Waals surface area contributed by atoms with Gasteiger partial charge in [0.05, 0.1) is 17.6 Å². The number of hydrogen-bond donors (Lipinski definition) is 3. The Bertz CT molecular complexity index is 452. The van der Waals surface area contributed by atoms with E-state index in [2.05, 4.69) is 21.2 Å². The molecule has 0 atom stereocenters. The molecule has 0 radical (unpaired) electrons. The number of aliphatic hydroxyl groups is 1. The van der Waals surface area contributed by atoms with Gasteiger partial charge in [-0.05, 0) is 48.8 Å². The molecule has 1 aromatic carbocycles. The van der Waals surface area contributed by atoms with Crippen LogP contribution in [0.2, 0.25) is 0 Å². The number of phenols is 1. The SMILES string of the molecule is CC(C)(C)NCC(=O)c1cc(Br)c(O)c(CO)c1. The molecule has 0 aliphatic rings. The van der Waals surface area contributed by atoms with Crippen molar-refractivity contribution in [3.05, 3.63) is 27.7 Å². The Balaban J connectivity index is 2.90. The van der Waals surface area contributed by atoms with Crippen LogP contribution in [0.15, 0.2) is 16.6 Å². The Hall–Kier alpha value is -0.910. The topological polar surface area (TPSA) is 69.6 Å². The minimum absolute atomic E-state index is 0.0298. The van der Waals surface area contributed by atoms with Gasteiger partial charge in [0.15, 0.2) is 5.78 Å². The van der Waals surface area contributed by atoms with Crippen LogP contribution in [0.4, 0.5) is 0 Å². The second-order valence-corrected chi connectivity index (χ2v) is 6.00. The van der Waals surface area contributed by atoms with Gasteiger partial charge in [-0.1, -0.05) is 0 Å². The first kappa shape index (κ1) is 15.1. The molecule has 0 saturated carbocycles. The maximum atomic E-state index is 12.0. The highest BCUT2D eigenvalue weighted by molar-refractivity contribution is 9.10. The largest absolute Gasteiger partial charge is 0.506 e. The first-order chi connectivity index (χ1) is 8.24. The zero-order chi connectivity index (χ0) is 13.9. The predicted molar refractivity (Wildman–Crippen MR) is 73.8 cm³/mol. The normalized spacial score (nSPS) is 11.6. The van der Waals surface area contributed by atoms with Crippen LogP contribution >= 0.6 is 15.9 Å². The molecule has 1 aromatic rings. The number of hydrogen-bond acceptors (Lipinski definition) is 4. The zero-order valence-electron chi connectivity index (χ0n) is 10.7. The number of nitrogens with one attached hydrogen (secondary N) is 1. The fourth-order valence-electron chi connectivity index (χ4n) is 1.39. The van der Waals surface area contributed by atoms with Crippen molar-refractivity contribution in [3.8, 4) is 5.75 Å². The Kier molecular flexibility index (Phi) is 4.90. The molecule has 5 heteroatoms. The molecule has 0 spiro atoms. The monoisotopic (exact) mass is 315 g/mol. The number of rotatable bonds is 4. The molecule has 0 aromatic heterocycles. The van der Waals surface area contributed by atoms with Crippen LogP contribution in [0.1, 0.15) is 36.7 Å². The third-order valence-electron chi connectivity index (χ3n) is 2.41. The minimum Gasteiger partial charge on any atom is -0.506 e. The number of carbonyl (C=O) groups is 1. The van der Waals surface area contributed by atoms with E-state index in [0.717, 1.165) is 0 Å². The number of ketones is 1. The van der Waals surface area contributed by atoms with E-state index < -0.39 is 0 Å². The fraction of sp³-hybridized carbons (Fsp3) is 0.462. The summed E-state index contributed by atoms with van der Waals surface area (Å²) >= 11 is 3.16. The van der Waals surface area contributed by atoms with E-state index >= 15 is 0 Å². The lowest BCUT2D eigenvalue weighted by molar-refractivity contribution is 0.0981. The van der Waals surface area contributed by atoms with Crippen LogP contribution < -0.4 is 5.32 Å². The number of benzene rings is 1. The standard InChI is InChI=1S/C13H18BrNO3/c1-13(2,3)15-6-11(17)8-4-9(7-16)12(18)10(14)5-8/h4-5,15-16,18H,6-7H2,1-3H3. The van der Waals surface area contributed by atoms with Crippen LogP contribution in [-0.2, 0) is 6.61 Å². The number of aromatic hydroxyl groups is 1.